The summed E-state index contributed by atoms with van der Waals surface area (Å²) in [5, 5.41) is 0.778. The minimum atomic E-state index is 0.109. The van der Waals surface area contributed by atoms with Crippen LogP contribution in [0.1, 0.15) is 5.76 Å². The third-order valence-electron chi connectivity index (χ3n) is 4.32. The highest BCUT2D eigenvalue weighted by atomic mass is 35.5. The van der Waals surface area contributed by atoms with E-state index in [-0.39, 0.29) is 5.91 Å². The number of hydrogen-bond donors (Lipinski definition) is 0. The molecule has 0 aliphatic carbocycles. The van der Waals surface area contributed by atoms with Crippen molar-refractivity contribution in [1.82, 2.24) is 9.80 Å². The molecule has 0 atom stereocenters. The normalized spacial score (nSPS) is 15.5. The molecule has 1 aliphatic rings. The molecule has 1 aromatic heterocycles. The fraction of sp³-hybridized carbons (Fsp3) is 0.389. The molecule has 0 radical (unpaired) electrons. The van der Waals surface area contributed by atoms with Crippen LogP contribution in [0.25, 0.3) is 0 Å². The molecule has 1 aromatic carbocycles. The van der Waals surface area contributed by atoms with Crippen molar-refractivity contribution in [2.45, 2.75) is 6.54 Å². The topological polar surface area (TPSA) is 39.9 Å². The van der Waals surface area contributed by atoms with Crippen LogP contribution in [-0.2, 0) is 11.3 Å². The number of carbonyl (C=O) groups excluding carboxylic acids is 1. The average molecular weight is 348 g/mol. The van der Waals surface area contributed by atoms with Crippen LogP contribution in [0.2, 0.25) is 5.02 Å². The number of rotatable bonds is 5. The molecule has 2 aromatic rings. The fourth-order valence-corrected chi connectivity index (χ4v) is 3.15. The Balaban J connectivity index is 1.48. The molecule has 24 heavy (non-hydrogen) atoms. The van der Waals surface area contributed by atoms with Crippen LogP contribution in [-0.4, -0.2) is 55.5 Å². The molecule has 1 saturated heterocycles. The monoisotopic (exact) mass is 347 g/mol. The van der Waals surface area contributed by atoms with E-state index in [2.05, 4.69) is 9.80 Å². The first kappa shape index (κ1) is 16.9. The van der Waals surface area contributed by atoms with E-state index in [0.29, 0.717) is 13.1 Å². The van der Waals surface area contributed by atoms with Crippen LogP contribution in [0.15, 0.2) is 47.1 Å². The molecule has 0 saturated carbocycles. The van der Waals surface area contributed by atoms with E-state index in [0.717, 1.165) is 42.6 Å². The molecule has 0 spiro atoms. The third-order valence-corrected chi connectivity index (χ3v) is 4.64. The molecule has 6 heteroatoms. The lowest BCUT2D eigenvalue weighted by molar-refractivity contribution is -0.131. The van der Waals surface area contributed by atoms with Crippen LogP contribution in [0.5, 0.6) is 0 Å². The van der Waals surface area contributed by atoms with Gasteiger partial charge in [0.15, 0.2) is 0 Å². The number of likely N-dealkylation sites (N-methyl/N-ethyl adjacent to an activating group) is 1. The van der Waals surface area contributed by atoms with Gasteiger partial charge in [-0.3, -0.25) is 9.69 Å². The van der Waals surface area contributed by atoms with Gasteiger partial charge in [-0.15, -0.1) is 0 Å². The van der Waals surface area contributed by atoms with E-state index < -0.39 is 0 Å². The van der Waals surface area contributed by atoms with Gasteiger partial charge in [-0.05, 0) is 24.3 Å². The van der Waals surface area contributed by atoms with Gasteiger partial charge >= 0.3 is 0 Å². The van der Waals surface area contributed by atoms with E-state index in [4.69, 9.17) is 16.0 Å². The number of hydrogen-bond acceptors (Lipinski definition) is 4. The molecule has 128 valence electrons. The van der Waals surface area contributed by atoms with Gasteiger partial charge in [0.1, 0.15) is 5.76 Å². The molecule has 1 fully saturated rings. The number of para-hydroxylation sites is 1. The second-order valence-electron chi connectivity index (χ2n) is 6.04. The molecule has 0 N–H and O–H groups in total. The summed E-state index contributed by atoms with van der Waals surface area (Å²) in [5.41, 5.74) is 1.07. The van der Waals surface area contributed by atoms with Crippen LogP contribution in [0, 0.1) is 0 Å². The van der Waals surface area contributed by atoms with Gasteiger partial charge in [-0.2, -0.15) is 0 Å². The Morgan fingerprint density at radius 1 is 1.17 bits per heavy atom. The van der Waals surface area contributed by atoms with Gasteiger partial charge < -0.3 is 14.2 Å². The molecule has 5 nitrogen and oxygen atoms in total. The Morgan fingerprint density at radius 3 is 2.58 bits per heavy atom. The predicted octanol–water partition coefficient (Wildman–Crippen LogP) is 2.71. The molecule has 2 heterocycles. The summed E-state index contributed by atoms with van der Waals surface area (Å²) >= 11 is 6.26. The standard InChI is InChI=1S/C18H22ClN3O2/c1-20(13-15-5-4-12-24-15)18(23)14-21-8-10-22(11-9-21)17-7-3-2-6-16(17)19/h2-7,12H,8-11,13-14H2,1H3. The Morgan fingerprint density at radius 2 is 1.92 bits per heavy atom. The summed E-state index contributed by atoms with van der Waals surface area (Å²) in [4.78, 5) is 18.5. The second kappa shape index (κ2) is 7.73. The maximum atomic E-state index is 12.4. The summed E-state index contributed by atoms with van der Waals surface area (Å²) in [7, 11) is 1.81. The minimum Gasteiger partial charge on any atom is -0.467 e. The first-order valence-corrected chi connectivity index (χ1v) is 8.49. The van der Waals surface area contributed by atoms with Gasteiger partial charge in [-0.1, -0.05) is 23.7 Å². The maximum Gasteiger partial charge on any atom is 0.236 e. The highest BCUT2D eigenvalue weighted by Crippen LogP contribution is 2.25. The zero-order valence-electron chi connectivity index (χ0n) is 13.8. The lowest BCUT2D eigenvalue weighted by atomic mass is 10.2. The summed E-state index contributed by atoms with van der Waals surface area (Å²) in [6, 6.07) is 11.6. The number of piperazine rings is 1. The Bertz CT molecular complexity index is 667. The lowest BCUT2D eigenvalue weighted by Crippen LogP contribution is -2.49. The number of nitrogens with zero attached hydrogens (tertiary/aromatic N) is 3. The highest BCUT2D eigenvalue weighted by molar-refractivity contribution is 6.33. The van der Waals surface area contributed by atoms with Gasteiger partial charge in [0.25, 0.3) is 0 Å². The van der Waals surface area contributed by atoms with E-state index in [1.807, 2.05) is 43.4 Å². The van der Waals surface area contributed by atoms with Gasteiger partial charge in [0.2, 0.25) is 5.91 Å². The second-order valence-corrected chi connectivity index (χ2v) is 6.45. The quantitative estimate of drug-likeness (QED) is 0.833. The maximum absolute atomic E-state index is 12.4. The molecular formula is C18H22ClN3O2. The third kappa shape index (κ3) is 4.10. The van der Waals surface area contributed by atoms with Crippen LogP contribution in [0.4, 0.5) is 5.69 Å². The van der Waals surface area contributed by atoms with Crippen LogP contribution >= 0.6 is 11.6 Å². The number of benzene rings is 1. The number of anilines is 1. The van der Waals surface area contributed by atoms with Crippen molar-refractivity contribution in [3.8, 4) is 0 Å². The van der Waals surface area contributed by atoms with E-state index in [9.17, 15) is 4.79 Å². The van der Waals surface area contributed by atoms with E-state index >= 15 is 0 Å². The van der Waals surface area contributed by atoms with Crippen LogP contribution < -0.4 is 4.90 Å². The molecule has 0 unspecified atom stereocenters. The predicted molar refractivity (Wildman–Crippen MR) is 95.3 cm³/mol. The summed E-state index contributed by atoms with van der Waals surface area (Å²) in [6.45, 7) is 4.40. The Labute approximate surface area is 147 Å². The van der Waals surface area contributed by atoms with E-state index in [1.165, 1.54) is 0 Å². The van der Waals surface area contributed by atoms with Crippen molar-refractivity contribution in [2.24, 2.45) is 0 Å². The number of halogens is 1. The number of furan rings is 1. The van der Waals surface area contributed by atoms with Gasteiger partial charge in [0.05, 0.1) is 30.1 Å². The van der Waals surface area contributed by atoms with Crippen molar-refractivity contribution in [3.05, 3.63) is 53.4 Å². The number of carbonyl (C=O) groups is 1. The van der Waals surface area contributed by atoms with Crippen LogP contribution in [0.3, 0.4) is 0 Å². The first-order valence-electron chi connectivity index (χ1n) is 8.11. The van der Waals surface area contributed by atoms with Crippen molar-refractivity contribution >= 4 is 23.2 Å². The Hall–Kier alpha value is -1.98. The summed E-state index contributed by atoms with van der Waals surface area (Å²) < 4.78 is 5.29. The molecular weight excluding hydrogens is 326 g/mol. The Kier molecular flexibility index (Phi) is 5.43. The van der Waals surface area contributed by atoms with Gasteiger partial charge in [-0.25, -0.2) is 0 Å². The smallest absolute Gasteiger partial charge is 0.236 e. The SMILES string of the molecule is CN(Cc1ccco1)C(=O)CN1CCN(c2ccccc2Cl)CC1. The van der Waals surface area contributed by atoms with E-state index in [1.54, 1.807) is 11.2 Å². The van der Waals surface area contributed by atoms with Crippen molar-refractivity contribution < 1.29 is 9.21 Å². The van der Waals surface area contributed by atoms with Crippen molar-refractivity contribution in [3.63, 3.8) is 0 Å². The molecule has 1 aliphatic heterocycles. The minimum absolute atomic E-state index is 0.109. The zero-order chi connectivity index (χ0) is 16.9. The number of amides is 1. The summed E-state index contributed by atoms with van der Waals surface area (Å²) in [6.07, 6.45) is 1.63. The largest absolute Gasteiger partial charge is 0.467 e. The zero-order valence-corrected chi connectivity index (χ0v) is 14.6. The summed E-state index contributed by atoms with van der Waals surface area (Å²) in [5.74, 6) is 0.909. The van der Waals surface area contributed by atoms with Gasteiger partial charge in [0, 0.05) is 33.2 Å². The molecule has 0 bridgehead atoms. The average Bonchev–Trinajstić information content (AvgIpc) is 3.09. The molecule has 3 rings (SSSR count). The first-order chi connectivity index (χ1) is 11.6. The lowest BCUT2D eigenvalue weighted by Gasteiger charge is -2.36. The van der Waals surface area contributed by atoms with Crippen molar-refractivity contribution in [1.29, 1.82) is 0 Å². The fourth-order valence-electron chi connectivity index (χ4n) is 2.89. The van der Waals surface area contributed by atoms with Crippen molar-refractivity contribution in [2.75, 3.05) is 44.7 Å². The molecule has 1 amide bonds. The highest BCUT2D eigenvalue weighted by Gasteiger charge is 2.21.